The standard InChI is InChI=1S/C15H15N/c1-12(6-5-11-16)14-10-4-8-13-7-2-3-9-15(13)14/h2-11H,16H2,1H3/b11-5-,12-6+. The molecule has 16 heavy (non-hydrogen) atoms. The van der Waals surface area contributed by atoms with Crippen molar-refractivity contribution in [1.29, 1.82) is 0 Å². The van der Waals surface area contributed by atoms with Crippen LogP contribution in [0.3, 0.4) is 0 Å². The molecule has 2 aromatic carbocycles. The molecule has 1 nitrogen and oxygen atoms in total. The van der Waals surface area contributed by atoms with E-state index in [1.165, 1.54) is 21.9 Å². The number of rotatable bonds is 2. The van der Waals surface area contributed by atoms with Crippen molar-refractivity contribution in [2.24, 2.45) is 5.73 Å². The van der Waals surface area contributed by atoms with Gasteiger partial charge in [0.05, 0.1) is 0 Å². The lowest BCUT2D eigenvalue weighted by Gasteiger charge is -2.06. The van der Waals surface area contributed by atoms with Crippen molar-refractivity contribution >= 4 is 16.3 Å². The normalized spacial score (nSPS) is 12.4. The zero-order valence-electron chi connectivity index (χ0n) is 9.35. The molecule has 1 heteroatoms. The summed E-state index contributed by atoms with van der Waals surface area (Å²) in [6.45, 7) is 2.10. The molecule has 2 rings (SSSR count). The predicted octanol–water partition coefficient (Wildman–Crippen LogP) is 3.72. The summed E-state index contributed by atoms with van der Waals surface area (Å²) in [4.78, 5) is 0. The second-order valence-electron chi connectivity index (χ2n) is 3.76. The second-order valence-corrected chi connectivity index (χ2v) is 3.76. The van der Waals surface area contributed by atoms with Crippen molar-refractivity contribution in [3.63, 3.8) is 0 Å². The molecule has 0 saturated heterocycles. The molecule has 80 valence electrons. The van der Waals surface area contributed by atoms with Crippen molar-refractivity contribution in [2.45, 2.75) is 6.92 Å². The molecule has 0 aromatic heterocycles. The zero-order chi connectivity index (χ0) is 11.4. The maximum absolute atomic E-state index is 5.34. The molecule has 0 unspecified atom stereocenters. The molecule has 2 aromatic rings. The van der Waals surface area contributed by atoms with E-state index in [1.54, 1.807) is 6.20 Å². The van der Waals surface area contributed by atoms with Crippen LogP contribution in [0.15, 0.2) is 60.8 Å². The number of hydrogen-bond acceptors (Lipinski definition) is 1. The van der Waals surface area contributed by atoms with E-state index in [1.807, 2.05) is 12.2 Å². The Morgan fingerprint density at radius 3 is 2.62 bits per heavy atom. The van der Waals surface area contributed by atoms with Crippen LogP contribution in [-0.2, 0) is 0 Å². The Morgan fingerprint density at radius 2 is 1.81 bits per heavy atom. The third-order valence-electron chi connectivity index (χ3n) is 2.67. The average molecular weight is 209 g/mol. The summed E-state index contributed by atoms with van der Waals surface area (Å²) in [5.74, 6) is 0. The summed E-state index contributed by atoms with van der Waals surface area (Å²) in [6.07, 6.45) is 5.44. The van der Waals surface area contributed by atoms with Gasteiger partial charge in [0.15, 0.2) is 0 Å². The van der Waals surface area contributed by atoms with Crippen molar-refractivity contribution in [2.75, 3.05) is 0 Å². The van der Waals surface area contributed by atoms with E-state index in [-0.39, 0.29) is 0 Å². The van der Waals surface area contributed by atoms with E-state index in [4.69, 9.17) is 5.73 Å². The van der Waals surface area contributed by atoms with Gasteiger partial charge in [0.1, 0.15) is 0 Å². The quantitative estimate of drug-likeness (QED) is 0.749. The fourth-order valence-corrected chi connectivity index (χ4v) is 1.86. The molecule has 0 aliphatic rings. The Bertz CT molecular complexity index is 545. The summed E-state index contributed by atoms with van der Waals surface area (Å²) in [5.41, 5.74) is 7.82. The molecule has 0 aliphatic carbocycles. The van der Waals surface area contributed by atoms with Crippen LogP contribution in [0.25, 0.3) is 16.3 Å². The summed E-state index contributed by atoms with van der Waals surface area (Å²) < 4.78 is 0. The first-order chi connectivity index (χ1) is 7.83. The maximum Gasteiger partial charge on any atom is -0.00623 e. The van der Waals surface area contributed by atoms with Crippen LogP contribution in [0.5, 0.6) is 0 Å². The summed E-state index contributed by atoms with van der Waals surface area (Å²) in [5, 5.41) is 2.55. The monoisotopic (exact) mass is 209 g/mol. The van der Waals surface area contributed by atoms with E-state index in [9.17, 15) is 0 Å². The first-order valence-electron chi connectivity index (χ1n) is 5.36. The molecule has 0 saturated carbocycles. The average Bonchev–Trinajstić information content (AvgIpc) is 2.35. The van der Waals surface area contributed by atoms with Crippen molar-refractivity contribution in [1.82, 2.24) is 0 Å². The van der Waals surface area contributed by atoms with E-state index in [0.717, 1.165) is 0 Å². The Kier molecular flexibility index (Phi) is 3.06. The molecule has 2 N–H and O–H groups in total. The number of fused-ring (bicyclic) bond motifs is 1. The van der Waals surface area contributed by atoms with Gasteiger partial charge in [-0.25, -0.2) is 0 Å². The molecular weight excluding hydrogens is 194 g/mol. The maximum atomic E-state index is 5.34. The molecule has 0 heterocycles. The van der Waals surface area contributed by atoms with Gasteiger partial charge in [-0.1, -0.05) is 48.5 Å². The van der Waals surface area contributed by atoms with Crippen LogP contribution >= 0.6 is 0 Å². The Hall–Kier alpha value is -2.02. The summed E-state index contributed by atoms with van der Waals surface area (Å²) in [6, 6.07) is 14.8. The molecule has 0 bridgehead atoms. The number of hydrogen-bond donors (Lipinski definition) is 1. The van der Waals surface area contributed by atoms with Gasteiger partial charge < -0.3 is 5.73 Å². The Morgan fingerprint density at radius 1 is 1.06 bits per heavy atom. The fraction of sp³-hybridized carbons (Fsp3) is 0.0667. The van der Waals surface area contributed by atoms with Gasteiger partial charge in [-0.05, 0) is 41.1 Å². The highest BCUT2D eigenvalue weighted by Gasteiger charge is 2.00. The van der Waals surface area contributed by atoms with Gasteiger partial charge in [-0.3, -0.25) is 0 Å². The zero-order valence-corrected chi connectivity index (χ0v) is 9.35. The van der Waals surface area contributed by atoms with Crippen molar-refractivity contribution in [3.8, 4) is 0 Å². The minimum atomic E-state index is 1.22. The number of allylic oxidation sites excluding steroid dienone is 3. The van der Waals surface area contributed by atoms with Gasteiger partial charge in [0.25, 0.3) is 0 Å². The van der Waals surface area contributed by atoms with Crippen LogP contribution in [0.4, 0.5) is 0 Å². The van der Waals surface area contributed by atoms with Gasteiger partial charge in [-0.2, -0.15) is 0 Å². The lowest BCUT2D eigenvalue weighted by Crippen LogP contribution is -1.83. The SMILES string of the molecule is C/C(=C\C=C/N)c1cccc2ccccc12. The Labute approximate surface area is 95.9 Å². The van der Waals surface area contributed by atoms with E-state index in [0.29, 0.717) is 0 Å². The largest absolute Gasteiger partial charge is 0.405 e. The van der Waals surface area contributed by atoms with E-state index in [2.05, 4.69) is 49.4 Å². The Balaban J connectivity index is 2.60. The highest BCUT2D eigenvalue weighted by atomic mass is 14.5. The lowest BCUT2D eigenvalue weighted by molar-refractivity contribution is 1.58. The van der Waals surface area contributed by atoms with Gasteiger partial charge in [-0.15, -0.1) is 0 Å². The van der Waals surface area contributed by atoms with Crippen molar-refractivity contribution in [3.05, 3.63) is 66.4 Å². The predicted molar refractivity (Wildman–Crippen MR) is 70.9 cm³/mol. The van der Waals surface area contributed by atoms with E-state index < -0.39 is 0 Å². The smallest absolute Gasteiger partial charge is 0.00623 e. The molecular formula is C15H15N. The highest BCUT2D eigenvalue weighted by Crippen LogP contribution is 2.24. The first-order valence-corrected chi connectivity index (χ1v) is 5.36. The van der Waals surface area contributed by atoms with Crippen LogP contribution in [0.1, 0.15) is 12.5 Å². The molecule has 0 aliphatic heterocycles. The number of nitrogens with two attached hydrogens (primary N) is 1. The van der Waals surface area contributed by atoms with Gasteiger partial charge >= 0.3 is 0 Å². The summed E-state index contributed by atoms with van der Waals surface area (Å²) >= 11 is 0. The van der Waals surface area contributed by atoms with Crippen LogP contribution in [0, 0.1) is 0 Å². The second kappa shape index (κ2) is 4.67. The molecule has 0 atom stereocenters. The third kappa shape index (κ3) is 1.98. The van der Waals surface area contributed by atoms with Crippen molar-refractivity contribution < 1.29 is 0 Å². The van der Waals surface area contributed by atoms with Crippen LogP contribution < -0.4 is 5.73 Å². The summed E-state index contributed by atoms with van der Waals surface area (Å²) in [7, 11) is 0. The van der Waals surface area contributed by atoms with Gasteiger partial charge in [0.2, 0.25) is 0 Å². The first kappa shape index (κ1) is 10.5. The minimum Gasteiger partial charge on any atom is -0.405 e. The third-order valence-corrected chi connectivity index (χ3v) is 2.67. The molecule has 0 radical (unpaired) electrons. The van der Waals surface area contributed by atoms with Crippen LogP contribution in [-0.4, -0.2) is 0 Å². The highest BCUT2D eigenvalue weighted by molar-refractivity contribution is 5.93. The van der Waals surface area contributed by atoms with E-state index >= 15 is 0 Å². The molecule has 0 spiro atoms. The lowest BCUT2D eigenvalue weighted by atomic mass is 9.99. The minimum absolute atomic E-state index is 1.22. The van der Waals surface area contributed by atoms with Crippen LogP contribution in [0.2, 0.25) is 0 Å². The topological polar surface area (TPSA) is 26.0 Å². The van der Waals surface area contributed by atoms with Gasteiger partial charge in [0, 0.05) is 0 Å². The fourth-order valence-electron chi connectivity index (χ4n) is 1.86. The molecule has 0 amide bonds. The number of benzene rings is 2. The molecule has 0 fully saturated rings.